The van der Waals surface area contributed by atoms with E-state index in [2.05, 4.69) is 30.2 Å². The first-order valence-electron chi connectivity index (χ1n) is 7.11. The highest BCUT2D eigenvalue weighted by Gasteiger charge is 2.17. The standard InChI is InChI=1S/C13H19N3O.C2H6/c1-10(2)7-11-3-4-12(15-8-11)16-6-5-14-13(17)9-16;1-2/h3-4,8,10H,5-7,9H2,1-2H3,(H,14,17);1-2H3. The fourth-order valence-corrected chi connectivity index (χ4v) is 2.03. The Morgan fingerprint density at radius 2 is 2.11 bits per heavy atom. The van der Waals surface area contributed by atoms with Crippen molar-refractivity contribution in [2.24, 2.45) is 5.92 Å². The van der Waals surface area contributed by atoms with E-state index in [9.17, 15) is 4.79 Å². The summed E-state index contributed by atoms with van der Waals surface area (Å²) < 4.78 is 0. The number of aromatic nitrogens is 1. The van der Waals surface area contributed by atoms with E-state index in [4.69, 9.17) is 0 Å². The third-order valence-corrected chi connectivity index (χ3v) is 2.82. The minimum Gasteiger partial charge on any atom is -0.353 e. The third kappa shape index (κ3) is 4.89. The van der Waals surface area contributed by atoms with Crippen LogP contribution in [0.4, 0.5) is 5.82 Å². The summed E-state index contributed by atoms with van der Waals surface area (Å²) in [6.45, 7) is 10.3. The van der Waals surface area contributed by atoms with Crippen LogP contribution in [0.25, 0.3) is 0 Å². The molecule has 1 aromatic rings. The van der Waals surface area contributed by atoms with Gasteiger partial charge in [-0.25, -0.2) is 4.98 Å². The fraction of sp³-hybridized carbons (Fsp3) is 0.600. The van der Waals surface area contributed by atoms with Crippen LogP contribution < -0.4 is 10.2 Å². The summed E-state index contributed by atoms with van der Waals surface area (Å²) in [5, 5.41) is 2.81. The molecule has 4 heteroatoms. The monoisotopic (exact) mass is 263 g/mol. The Bertz CT molecular complexity index is 387. The maximum Gasteiger partial charge on any atom is 0.239 e. The highest BCUT2D eigenvalue weighted by Crippen LogP contribution is 2.14. The van der Waals surface area contributed by atoms with Gasteiger partial charge in [-0.3, -0.25) is 4.79 Å². The molecule has 1 aliphatic heterocycles. The van der Waals surface area contributed by atoms with Gasteiger partial charge < -0.3 is 10.2 Å². The first-order valence-corrected chi connectivity index (χ1v) is 7.11. The van der Waals surface area contributed by atoms with Crippen molar-refractivity contribution < 1.29 is 4.79 Å². The van der Waals surface area contributed by atoms with Crippen LogP contribution in [0.3, 0.4) is 0 Å². The summed E-state index contributed by atoms with van der Waals surface area (Å²) in [6.07, 6.45) is 2.97. The van der Waals surface area contributed by atoms with Crippen molar-refractivity contribution in [1.29, 1.82) is 0 Å². The molecule has 0 saturated carbocycles. The van der Waals surface area contributed by atoms with Gasteiger partial charge in [0.1, 0.15) is 5.82 Å². The molecule has 1 saturated heterocycles. The van der Waals surface area contributed by atoms with Gasteiger partial charge in [0, 0.05) is 19.3 Å². The van der Waals surface area contributed by atoms with E-state index in [1.807, 2.05) is 31.0 Å². The lowest BCUT2D eigenvalue weighted by atomic mass is 10.1. The normalized spacial score (nSPS) is 14.8. The molecule has 0 spiro atoms. The van der Waals surface area contributed by atoms with Crippen LogP contribution in [-0.2, 0) is 11.2 Å². The van der Waals surface area contributed by atoms with E-state index in [0.717, 1.165) is 18.8 Å². The highest BCUT2D eigenvalue weighted by atomic mass is 16.2. The van der Waals surface area contributed by atoms with Crippen molar-refractivity contribution in [3.8, 4) is 0 Å². The van der Waals surface area contributed by atoms with Crippen molar-refractivity contribution in [2.45, 2.75) is 34.1 Å². The Morgan fingerprint density at radius 3 is 2.63 bits per heavy atom. The molecular formula is C15H25N3O. The SMILES string of the molecule is CC.CC(C)Cc1ccc(N2CCNC(=O)C2)nc1. The molecular weight excluding hydrogens is 238 g/mol. The van der Waals surface area contributed by atoms with Crippen molar-refractivity contribution in [3.05, 3.63) is 23.9 Å². The Labute approximate surface area is 116 Å². The lowest BCUT2D eigenvalue weighted by Gasteiger charge is -2.27. The number of piperazine rings is 1. The molecule has 1 amide bonds. The number of anilines is 1. The molecule has 2 heterocycles. The van der Waals surface area contributed by atoms with Crippen molar-refractivity contribution in [2.75, 3.05) is 24.5 Å². The van der Waals surface area contributed by atoms with Crippen LogP contribution in [0.5, 0.6) is 0 Å². The number of hydrogen-bond acceptors (Lipinski definition) is 3. The van der Waals surface area contributed by atoms with Gasteiger partial charge in [-0.15, -0.1) is 0 Å². The van der Waals surface area contributed by atoms with Gasteiger partial charge >= 0.3 is 0 Å². The van der Waals surface area contributed by atoms with Crippen molar-refractivity contribution in [3.63, 3.8) is 0 Å². The van der Waals surface area contributed by atoms with Crippen LogP contribution in [0.2, 0.25) is 0 Å². The second-order valence-corrected chi connectivity index (χ2v) is 4.89. The number of amides is 1. The summed E-state index contributed by atoms with van der Waals surface area (Å²) in [4.78, 5) is 17.7. The largest absolute Gasteiger partial charge is 0.353 e. The Kier molecular flexibility index (Phi) is 6.33. The Morgan fingerprint density at radius 1 is 1.37 bits per heavy atom. The van der Waals surface area contributed by atoms with E-state index < -0.39 is 0 Å². The van der Waals surface area contributed by atoms with E-state index in [0.29, 0.717) is 19.0 Å². The number of rotatable bonds is 3. The van der Waals surface area contributed by atoms with Gasteiger partial charge in [-0.1, -0.05) is 33.8 Å². The summed E-state index contributed by atoms with van der Waals surface area (Å²) in [5.41, 5.74) is 1.25. The summed E-state index contributed by atoms with van der Waals surface area (Å²) in [6, 6.07) is 4.12. The molecule has 1 aromatic heterocycles. The zero-order valence-electron chi connectivity index (χ0n) is 12.4. The van der Waals surface area contributed by atoms with Gasteiger partial charge in [-0.2, -0.15) is 0 Å². The molecule has 0 unspecified atom stereocenters. The molecule has 19 heavy (non-hydrogen) atoms. The minimum absolute atomic E-state index is 0.0734. The first-order chi connectivity index (χ1) is 9.15. The molecule has 1 N–H and O–H groups in total. The summed E-state index contributed by atoms with van der Waals surface area (Å²) in [7, 11) is 0. The second-order valence-electron chi connectivity index (χ2n) is 4.89. The molecule has 0 aromatic carbocycles. The van der Waals surface area contributed by atoms with E-state index in [1.54, 1.807) is 0 Å². The van der Waals surface area contributed by atoms with Crippen LogP contribution in [0.1, 0.15) is 33.3 Å². The Hall–Kier alpha value is -1.58. The lowest BCUT2D eigenvalue weighted by Crippen LogP contribution is -2.48. The predicted molar refractivity (Wildman–Crippen MR) is 79.3 cm³/mol. The summed E-state index contributed by atoms with van der Waals surface area (Å²) in [5.74, 6) is 1.61. The number of carbonyl (C=O) groups is 1. The molecule has 4 nitrogen and oxygen atoms in total. The quantitative estimate of drug-likeness (QED) is 0.909. The molecule has 1 aliphatic rings. The zero-order valence-corrected chi connectivity index (χ0v) is 12.4. The zero-order chi connectivity index (χ0) is 14.3. The minimum atomic E-state index is 0.0734. The molecule has 0 radical (unpaired) electrons. The molecule has 2 rings (SSSR count). The van der Waals surface area contributed by atoms with Gasteiger partial charge in [0.25, 0.3) is 0 Å². The van der Waals surface area contributed by atoms with Crippen molar-refractivity contribution >= 4 is 11.7 Å². The first kappa shape index (κ1) is 15.5. The van der Waals surface area contributed by atoms with Gasteiger partial charge in [-0.05, 0) is 24.0 Å². The number of nitrogens with one attached hydrogen (secondary N) is 1. The predicted octanol–water partition coefficient (Wildman–Crippen LogP) is 2.24. The average molecular weight is 263 g/mol. The van der Waals surface area contributed by atoms with Crippen molar-refractivity contribution in [1.82, 2.24) is 10.3 Å². The maximum atomic E-state index is 11.3. The van der Waals surface area contributed by atoms with E-state index in [-0.39, 0.29) is 5.91 Å². The molecule has 0 aliphatic carbocycles. The number of hydrogen-bond donors (Lipinski definition) is 1. The molecule has 1 fully saturated rings. The topological polar surface area (TPSA) is 45.2 Å². The van der Waals surface area contributed by atoms with Crippen LogP contribution in [0.15, 0.2) is 18.3 Å². The number of carbonyl (C=O) groups excluding carboxylic acids is 1. The third-order valence-electron chi connectivity index (χ3n) is 2.82. The van der Waals surface area contributed by atoms with E-state index in [1.165, 1.54) is 5.56 Å². The van der Waals surface area contributed by atoms with Gasteiger partial charge in [0.05, 0.1) is 6.54 Å². The molecule has 0 atom stereocenters. The fourth-order valence-electron chi connectivity index (χ4n) is 2.03. The Balaban J connectivity index is 0.000000861. The smallest absolute Gasteiger partial charge is 0.239 e. The summed E-state index contributed by atoms with van der Waals surface area (Å²) >= 11 is 0. The maximum absolute atomic E-state index is 11.3. The van der Waals surface area contributed by atoms with Gasteiger partial charge in [0.2, 0.25) is 5.91 Å². The van der Waals surface area contributed by atoms with Gasteiger partial charge in [0.15, 0.2) is 0 Å². The molecule has 106 valence electrons. The lowest BCUT2D eigenvalue weighted by molar-refractivity contribution is -0.120. The van der Waals surface area contributed by atoms with Crippen LogP contribution in [0, 0.1) is 5.92 Å². The van der Waals surface area contributed by atoms with E-state index >= 15 is 0 Å². The number of nitrogens with zero attached hydrogens (tertiary/aromatic N) is 2. The highest BCUT2D eigenvalue weighted by molar-refractivity contribution is 5.82. The molecule has 0 bridgehead atoms. The van der Waals surface area contributed by atoms with Crippen LogP contribution >= 0.6 is 0 Å². The second kappa shape index (κ2) is 7.77. The average Bonchev–Trinajstić information content (AvgIpc) is 2.41. The number of pyridine rings is 1. The van der Waals surface area contributed by atoms with Crippen LogP contribution in [-0.4, -0.2) is 30.5 Å².